The zero-order valence-electron chi connectivity index (χ0n) is 13.9. The Morgan fingerprint density at radius 2 is 2.13 bits per heavy atom. The summed E-state index contributed by atoms with van der Waals surface area (Å²) in [7, 11) is 0. The van der Waals surface area contributed by atoms with E-state index in [-0.39, 0.29) is 5.91 Å². The molecule has 1 aromatic carbocycles. The molecule has 1 amide bonds. The van der Waals surface area contributed by atoms with E-state index in [1.54, 1.807) is 0 Å². The molecule has 2 aliphatic rings. The van der Waals surface area contributed by atoms with Gasteiger partial charge in [0.25, 0.3) is 5.91 Å². The lowest BCUT2D eigenvalue weighted by atomic mass is 9.97. The first-order chi connectivity index (χ1) is 11.1. The largest absolute Gasteiger partial charge is 0.342 e. The standard InChI is InChI=1S/C18H24N4O/c1-12-5-3-4-8-22(12)15-10-21(11-15)18(23)14-6-7-16-17(9-14)20-13(2)19-16/h6-7,9,12,15H,3-5,8,10-11H2,1-2H3,(H,19,20). The maximum atomic E-state index is 12.7. The molecule has 1 N–H and O–H groups in total. The van der Waals surface area contributed by atoms with Gasteiger partial charge in [-0.15, -0.1) is 0 Å². The number of amides is 1. The zero-order valence-corrected chi connectivity index (χ0v) is 13.9. The van der Waals surface area contributed by atoms with Gasteiger partial charge in [-0.25, -0.2) is 4.98 Å². The van der Waals surface area contributed by atoms with Crippen molar-refractivity contribution in [2.24, 2.45) is 0 Å². The molecular formula is C18H24N4O. The van der Waals surface area contributed by atoms with Crippen molar-refractivity contribution in [3.05, 3.63) is 29.6 Å². The van der Waals surface area contributed by atoms with Gasteiger partial charge in [-0.1, -0.05) is 6.42 Å². The molecule has 2 saturated heterocycles. The van der Waals surface area contributed by atoms with E-state index in [0.29, 0.717) is 12.1 Å². The van der Waals surface area contributed by atoms with Crippen molar-refractivity contribution in [2.75, 3.05) is 19.6 Å². The predicted octanol–water partition coefficient (Wildman–Crippen LogP) is 2.57. The Balaban J connectivity index is 1.43. The molecule has 5 nitrogen and oxygen atoms in total. The SMILES string of the molecule is Cc1nc2ccc(C(=O)N3CC(N4CCCCC4C)C3)cc2[nH]1. The van der Waals surface area contributed by atoms with E-state index in [0.717, 1.165) is 35.5 Å². The molecule has 0 saturated carbocycles. The summed E-state index contributed by atoms with van der Waals surface area (Å²) < 4.78 is 0. The van der Waals surface area contributed by atoms with Gasteiger partial charge in [-0.2, -0.15) is 0 Å². The number of piperidine rings is 1. The molecule has 0 radical (unpaired) electrons. The lowest BCUT2D eigenvalue weighted by Crippen LogP contribution is -2.63. The van der Waals surface area contributed by atoms with E-state index in [1.165, 1.54) is 25.8 Å². The smallest absolute Gasteiger partial charge is 0.254 e. The van der Waals surface area contributed by atoms with E-state index in [9.17, 15) is 4.79 Å². The summed E-state index contributed by atoms with van der Waals surface area (Å²) in [5.74, 6) is 1.02. The third-order valence-electron chi connectivity index (χ3n) is 5.32. The maximum absolute atomic E-state index is 12.7. The lowest BCUT2D eigenvalue weighted by Gasteiger charge is -2.49. The molecule has 23 heavy (non-hydrogen) atoms. The second-order valence-corrected chi connectivity index (χ2v) is 7.00. The second-order valence-electron chi connectivity index (χ2n) is 7.00. The van der Waals surface area contributed by atoms with Crippen LogP contribution >= 0.6 is 0 Å². The number of hydrogen-bond acceptors (Lipinski definition) is 3. The van der Waals surface area contributed by atoms with Gasteiger partial charge in [-0.3, -0.25) is 9.69 Å². The van der Waals surface area contributed by atoms with Crippen LogP contribution in [0.25, 0.3) is 11.0 Å². The van der Waals surface area contributed by atoms with Gasteiger partial charge in [0.2, 0.25) is 0 Å². The Bertz CT molecular complexity index is 732. The van der Waals surface area contributed by atoms with Crippen molar-refractivity contribution in [3.63, 3.8) is 0 Å². The first-order valence-corrected chi connectivity index (χ1v) is 8.63. The van der Waals surface area contributed by atoms with Crippen LogP contribution in [-0.2, 0) is 0 Å². The van der Waals surface area contributed by atoms with Gasteiger partial charge in [-0.05, 0) is 51.4 Å². The van der Waals surface area contributed by atoms with Gasteiger partial charge in [0.1, 0.15) is 5.82 Å². The molecule has 2 aliphatic heterocycles. The number of likely N-dealkylation sites (tertiary alicyclic amines) is 2. The van der Waals surface area contributed by atoms with E-state index >= 15 is 0 Å². The molecule has 1 unspecified atom stereocenters. The Kier molecular flexibility index (Phi) is 3.60. The molecule has 122 valence electrons. The van der Waals surface area contributed by atoms with Gasteiger partial charge < -0.3 is 9.88 Å². The van der Waals surface area contributed by atoms with E-state index < -0.39 is 0 Å². The monoisotopic (exact) mass is 312 g/mol. The fourth-order valence-electron chi connectivity index (χ4n) is 3.95. The van der Waals surface area contributed by atoms with Crippen LogP contribution in [-0.4, -0.2) is 57.4 Å². The molecule has 1 aromatic heterocycles. The van der Waals surface area contributed by atoms with Crippen LogP contribution in [0.3, 0.4) is 0 Å². The summed E-state index contributed by atoms with van der Waals surface area (Å²) >= 11 is 0. The minimum absolute atomic E-state index is 0.139. The average Bonchev–Trinajstić information content (AvgIpc) is 2.86. The maximum Gasteiger partial charge on any atom is 0.254 e. The van der Waals surface area contributed by atoms with E-state index in [1.807, 2.05) is 30.0 Å². The van der Waals surface area contributed by atoms with Crippen LogP contribution in [0.2, 0.25) is 0 Å². The molecule has 0 bridgehead atoms. The number of aromatic amines is 1. The fourth-order valence-corrected chi connectivity index (χ4v) is 3.95. The van der Waals surface area contributed by atoms with E-state index in [2.05, 4.69) is 21.8 Å². The average molecular weight is 312 g/mol. The lowest BCUT2D eigenvalue weighted by molar-refractivity contribution is 0.00213. The van der Waals surface area contributed by atoms with Crippen LogP contribution in [0, 0.1) is 6.92 Å². The molecule has 5 heteroatoms. The molecule has 4 rings (SSSR count). The van der Waals surface area contributed by atoms with Crippen LogP contribution < -0.4 is 0 Å². The Labute approximate surface area is 136 Å². The Hall–Kier alpha value is -1.88. The molecule has 1 atom stereocenters. The Morgan fingerprint density at radius 3 is 2.91 bits per heavy atom. The Morgan fingerprint density at radius 1 is 1.30 bits per heavy atom. The highest BCUT2D eigenvalue weighted by atomic mass is 16.2. The number of rotatable bonds is 2. The van der Waals surface area contributed by atoms with Crippen molar-refractivity contribution in [3.8, 4) is 0 Å². The van der Waals surface area contributed by atoms with Crippen LogP contribution in [0.5, 0.6) is 0 Å². The minimum Gasteiger partial charge on any atom is -0.342 e. The van der Waals surface area contributed by atoms with Crippen LogP contribution in [0.1, 0.15) is 42.4 Å². The molecular weight excluding hydrogens is 288 g/mol. The second kappa shape index (κ2) is 5.64. The summed E-state index contributed by atoms with van der Waals surface area (Å²) in [6.45, 7) is 7.17. The third kappa shape index (κ3) is 2.63. The number of H-pyrrole nitrogens is 1. The molecule has 0 aliphatic carbocycles. The van der Waals surface area contributed by atoms with Gasteiger partial charge in [0, 0.05) is 30.7 Å². The minimum atomic E-state index is 0.139. The topological polar surface area (TPSA) is 52.2 Å². The van der Waals surface area contributed by atoms with Crippen molar-refractivity contribution >= 4 is 16.9 Å². The quantitative estimate of drug-likeness (QED) is 0.927. The number of nitrogens with zero attached hydrogens (tertiary/aromatic N) is 3. The highest BCUT2D eigenvalue weighted by Crippen LogP contribution is 2.26. The molecule has 0 spiro atoms. The van der Waals surface area contributed by atoms with Gasteiger partial charge >= 0.3 is 0 Å². The number of carbonyl (C=O) groups excluding carboxylic acids is 1. The highest BCUT2D eigenvalue weighted by molar-refractivity contribution is 5.97. The number of benzene rings is 1. The normalized spacial score (nSPS) is 23.2. The zero-order chi connectivity index (χ0) is 16.0. The third-order valence-corrected chi connectivity index (χ3v) is 5.32. The summed E-state index contributed by atoms with van der Waals surface area (Å²) in [6.07, 6.45) is 3.93. The van der Waals surface area contributed by atoms with Crippen molar-refractivity contribution in [1.29, 1.82) is 0 Å². The summed E-state index contributed by atoms with van der Waals surface area (Å²) in [5.41, 5.74) is 2.61. The van der Waals surface area contributed by atoms with Gasteiger partial charge in [0.05, 0.1) is 11.0 Å². The van der Waals surface area contributed by atoms with Crippen molar-refractivity contribution in [2.45, 2.75) is 45.2 Å². The fraction of sp³-hybridized carbons (Fsp3) is 0.556. The van der Waals surface area contributed by atoms with Crippen LogP contribution in [0.15, 0.2) is 18.2 Å². The summed E-state index contributed by atoms with van der Waals surface area (Å²) in [4.78, 5) is 24.8. The first kappa shape index (κ1) is 14.7. The van der Waals surface area contributed by atoms with Crippen LogP contribution in [0.4, 0.5) is 0 Å². The van der Waals surface area contributed by atoms with E-state index in [4.69, 9.17) is 0 Å². The number of imidazole rings is 1. The molecule has 2 fully saturated rings. The highest BCUT2D eigenvalue weighted by Gasteiger charge is 2.37. The summed E-state index contributed by atoms with van der Waals surface area (Å²) in [5, 5.41) is 0. The number of fused-ring (bicyclic) bond motifs is 1. The predicted molar refractivity (Wildman–Crippen MR) is 90.5 cm³/mol. The number of aryl methyl sites for hydroxylation is 1. The molecule has 2 aromatic rings. The first-order valence-electron chi connectivity index (χ1n) is 8.63. The van der Waals surface area contributed by atoms with Gasteiger partial charge in [0.15, 0.2) is 0 Å². The number of hydrogen-bond donors (Lipinski definition) is 1. The number of nitrogens with one attached hydrogen (secondary N) is 1. The number of carbonyl (C=O) groups is 1. The summed E-state index contributed by atoms with van der Waals surface area (Å²) in [6, 6.07) is 6.95. The number of aromatic nitrogens is 2. The van der Waals surface area contributed by atoms with Crippen molar-refractivity contribution < 1.29 is 4.79 Å². The molecule has 3 heterocycles. The van der Waals surface area contributed by atoms with Crippen molar-refractivity contribution in [1.82, 2.24) is 19.8 Å².